The van der Waals surface area contributed by atoms with Crippen LogP contribution >= 0.6 is 23.5 Å². The van der Waals surface area contributed by atoms with Crippen LogP contribution in [0, 0.1) is 0 Å². The van der Waals surface area contributed by atoms with Gasteiger partial charge in [-0.3, -0.25) is 0 Å². The summed E-state index contributed by atoms with van der Waals surface area (Å²) >= 11 is 4.17. The number of thioether (sulfide) groups is 2. The van der Waals surface area contributed by atoms with Gasteiger partial charge >= 0.3 is 0 Å². The molecule has 92 valence electrons. The van der Waals surface area contributed by atoms with E-state index in [-0.39, 0.29) is 0 Å². The zero-order valence-electron chi connectivity index (χ0n) is 10.0. The van der Waals surface area contributed by atoms with Crippen LogP contribution < -0.4 is 5.32 Å². The zero-order chi connectivity index (χ0) is 11.9. The van der Waals surface area contributed by atoms with Crippen LogP contribution in [0.1, 0.15) is 5.56 Å². The molecule has 1 aliphatic heterocycles. The molecule has 0 radical (unpaired) electrons. The smallest absolute Gasteiger partial charge is 0.0263 e. The van der Waals surface area contributed by atoms with Gasteiger partial charge in [-0.25, -0.2) is 0 Å². The monoisotopic (exact) mass is 265 g/mol. The van der Waals surface area contributed by atoms with Crippen molar-refractivity contribution in [2.24, 2.45) is 0 Å². The topological polar surface area (TPSA) is 12.0 Å². The third-order valence-corrected chi connectivity index (χ3v) is 5.62. The molecular formula is C14H19NS2. The molecule has 1 N–H and O–H groups in total. The maximum atomic E-state index is 4.13. The van der Waals surface area contributed by atoms with Crippen LogP contribution in [0.15, 0.2) is 36.9 Å². The fourth-order valence-electron chi connectivity index (χ4n) is 1.81. The molecule has 1 nitrogen and oxygen atoms in total. The largest absolute Gasteiger partial charge is 0.312 e. The minimum absolute atomic E-state index is 0.775. The Bertz CT molecular complexity index is 344. The van der Waals surface area contributed by atoms with E-state index < -0.39 is 0 Å². The van der Waals surface area contributed by atoms with E-state index in [1.54, 1.807) is 0 Å². The van der Waals surface area contributed by atoms with E-state index in [4.69, 9.17) is 0 Å². The SMILES string of the molecule is C=C(CNCC1CSCCS1)c1ccccc1. The molecule has 0 bridgehead atoms. The van der Waals surface area contributed by atoms with Gasteiger partial charge in [-0.1, -0.05) is 36.9 Å². The Balaban J connectivity index is 1.69. The van der Waals surface area contributed by atoms with E-state index in [2.05, 4.69) is 59.7 Å². The van der Waals surface area contributed by atoms with E-state index in [0.717, 1.165) is 18.3 Å². The first-order chi connectivity index (χ1) is 8.36. The number of hydrogen-bond donors (Lipinski definition) is 1. The number of rotatable bonds is 5. The second-order valence-corrected chi connectivity index (χ2v) is 6.73. The first-order valence-corrected chi connectivity index (χ1v) is 8.20. The Labute approximate surface area is 112 Å². The summed E-state index contributed by atoms with van der Waals surface area (Å²) < 4.78 is 0. The highest BCUT2D eigenvalue weighted by atomic mass is 32.2. The first kappa shape index (κ1) is 13.1. The fraction of sp³-hybridized carbons (Fsp3) is 0.429. The van der Waals surface area contributed by atoms with Crippen LogP contribution in [0.2, 0.25) is 0 Å². The van der Waals surface area contributed by atoms with E-state index in [0.29, 0.717) is 0 Å². The van der Waals surface area contributed by atoms with Crippen LogP contribution in [0.25, 0.3) is 5.57 Å². The molecule has 3 heteroatoms. The predicted octanol–water partition coefficient (Wildman–Crippen LogP) is 3.14. The van der Waals surface area contributed by atoms with E-state index in [1.165, 1.54) is 28.4 Å². The van der Waals surface area contributed by atoms with Gasteiger partial charge in [-0.05, 0) is 11.1 Å². The molecule has 2 rings (SSSR count). The molecule has 1 aliphatic rings. The molecule has 1 saturated heterocycles. The summed E-state index contributed by atoms with van der Waals surface area (Å²) in [4.78, 5) is 0. The number of nitrogens with one attached hydrogen (secondary N) is 1. The Kier molecular flexibility index (Phi) is 5.49. The molecule has 17 heavy (non-hydrogen) atoms. The normalized spacial score (nSPS) is 20.1. The van der Waals surface area contributed by atoms with Crippen molar-refractivity contribution in [2.75, 3.05) is 30.3 Å². The highest BCUT2D eigenvalue weighted by Gasteiger charge is 2.13. The Hall–Kier alpha value is -0.380. The molecule has 1 heterocycles. The summed E-state index contributed by atoms with van der Waals surface area (Å²) in [6.45, 7) is 6.13. The average Bonchev–Trinajstić information content (AvgIpc) is 2.41. The van der Waals surface area contributed by atoms with Gasteiger partial charge in [0.05, 0.1) is 0 Å². The second kappa shape index (κ2) is 7.14. The van der Waals surface area contributed by atoms with Crippen molar-refractivity contribution in [2.45, 2.75) is 5.25 Å². The Morgan fingerprint density at radius 2 is 2.12 bits per heavy atom. The lowest BCUT2D eigenvalue weighted by atomic mass is 10.1. The van der Waals surface area contributed by atoms with Crippen LogP contribution in [-0.2, 0) is 0 Å². The van der Waals surface area contributed by atoms with Gasteiger partial charge in [0, 0.05) is 35.6 Å². The maximum absolute atomic E-state index is 4.13. The summed E-state index contributed by atoms with van der Waals surface area (Å²) in [5, 5.41) is 4.29. The van der Waals surface area contributed by atoms with Crippen molar-refractivity contribution >= 4 is 29.1 Å². The zero-order valence-corrected chi connectivity index (χ0v) is 11.7. The number of benzene rings is 1. The molecule has 1 atom stereocenters. The standard InChI is InChI=1S/C14H19NS2/c1-12(13-5-3-2-4-6-13)9-15-10-14-11-16-7-8-17-14/h2-6,14-15H,1,7-11H2. The lowest BCUT2D eigenvalue weighted by Crippen LogP contribution is -2.29. The van der Waals surface area contributed by atoms with Gasteiger partial charge in [-0.15, -0.1) is 0 Å². The van der Waals surface area contributed by atoms with Crippen molar-refractivity contribution in [1.82, 2.24) is 5.32 Å². The molecule has 0 amide bonds. The van der Waals surface area contributed by atoms with E-state index >= 15 is 0 Å². The molecule has 0 spiro atoms. The average molecular weight is 265 g/mol. The van der Waals surface area contributed by atoms with Gasteiger partial charge < -0.3 is 5.32 Å². The van der Waals surface area contributed by atoms with Crippen LogP contribution in [0.3, 0.4) is 0 Å². The molecule has 0 aliphatic carbocycles. The summed E-state index contributed by atoms with van der Waals surface area (Å²) in [5.41, 5.74) is 2.42. The van der Waals surface area contributed by atoms with Gasteiger partial charge in [0.1, 0.15) is 0 Å². The lowest BCUT2D eigenvalue weighted by molar-refractivity contribution is 0.749. The summed E-state index contributed by atoms with van der Waals surface area (Å²) in [6, 6.07) is 10.4. The third-order valence-electron chi connectivity index (χ3n) is 2.78. The van der Waals surface area contributed by atoms with Crippen LogP contribution in [0.4, 0.5) is 0 Å². The van der Waals surface area contributed by atoms with Crippen molar-refractivity contribution in [3.05, 3.63) is 42.5 Å². The van der Waals surface area contributed by atoms with Crippen molar-refractivity contribution < 1.29 is 0 Å². The lowest BCUT2D eigenvalue weighted by Gasteiger charge is -2.21. The van der Waals surface area contributed by atoms with Gasteiger partial charge in [-0.2, -0.15) is 23.5 Å². The van der Waals surface area contributed by atoms with E-state index in [1.807, 2.05) is 6.07 Å². The first-order valence-electron chi connectivity index (χ1n) is 5.99. The Morgan fingerprint density at radius 1 is 1.29 bits per heavy atom. The van der Waals surface area contributed by atoms with Gasteiger partial charge in [0.15, 0.2) is 0 Å². The van der Waals surface area contributed by atoms with Gasteiger partial charge in [0.2, 0.25) is 0 Å². The van der Waals surface area contributed by atoms with Crippen molar-refractivity contribution in [1.29, 1.82) is 0 Å². The third kappa shape index (κ3) is 4.41. The molecule has 1 fully saturated rings. The van der Waals surface area contributed by atoms with E-state index in [9.17, 15) is 0 Å². The fourth-order valence-corrected chi connectivity index (χ4v) is 4.46. The van der Waals surface area contributed by atoms with Crippen molar-refractivity contribution in [3.63, 3.8) is 0 Å². The predicted molar refractivity (Wildman–Crippen MR) is 81.9 cm³/mol. The van der Waals surface area contributed by atoms with Crippen LogP contribution in [-0.4, -0.2) is 35.6 Å². The highest BCUT2D eigenvalue weighted by molar-refractivity contribution is 8.06. The highest BCUT2D eigenvalue weighted by Crippen LogP contribution is 2.23. The second-order valence-electron chi connectivity index (χ2n) is 4.17. The minimum Gasteiger partial charge on any atom is -0.312 e. The summed E-state index contributed by atoms with van der Waals surface area (Å²) in [6.07, 6.45) is 0. The molecule has 0 saturated carbocycles. The quantitative estimate of drug-likeness (QED) is 0.878. The molecule has 1 aromatic carbocycles. The minimum atomic E-state index is 0.775. The molecule has 1 unspecified atom stereocenters. The molecule has 0 aromatic heterocycles. The molecular weight excluding hydrogens is 246 g/mol. The summed E-state index contributed by atoms with van der Waals surface area (Å²) in [7, 11) is 0. The summed E-state index contributed by atoms with van der Waals surface area (Å²) in [5.74, 6) is 3.91. The molecule has 1 aromatic rings. The Morgan fingerprint density at radius 3 is 2.82 bits per heavy atom. The van der Waals surface area contributed by atoms with Crippen molar-refractivity contribution in [3.8, 4) is 0 Å². The van der Waals surface area contributed by atoms with Crippen LogP contribution in [0.5, 0.6) is 0 Å². The van der Waals surface area contributed by atoms with Gasteiger partial charge in [0.25, 0.3) is 0 Å². The number of hydrogen-bond acceptors (Lipinski definition) is 3. The maximum Gasteiger partial charge on any atom is 0.0263 e.